The standard InChI is InChI=1S/C31H31F2N5O4/c1-17(2)31(15-39)14-37-30(40-16-31)38-21-10-23(32)28(24(33)11-21)42-26-7-8-35-29-27(26)22(13-36-29)19-5-6-25(41-18(3)4)20(9-19)12-34/h5-11,13,17-18,39H,14-16H2,1-4H3,(H,35,36)(H,37,38)/t31-/m0/s1. The van der Waals surface area contributed by atoms with E-state index in [4.69, 9.17) is 14.2 Å². The fraction of sp³-hybridized carbons (Fsp3) is 0.323. The first-order chi connectivity index (χ1) is 20.1. The molecule has 0 fully saturated rings. The lowest BCUT2D eigenvalue weighted by molar-refractivity contribution is 0.0180. The topological polar surface area (TPSA) is 125 Å². The van der Waals surface area contributed by atoms with Crippen LogP contribution in [-0.2, 0) is 4.74 Å². The number of halogens is 2. The molecule has 1 aliphatic rings. The summed E-state index contributed by atoms with van der Waals surface area (Å²) in [5.41, 5.74) is 1.67. The predicted molar refractivity (Wildman–Crippen MR) is 155 cm³/mol. The minimum Gasteiger partial charge on any atom is -0.490 e. The average Bonchev–Trinajstić information content (AvgIpc) is 3.40. The number of aliphatic hydroxyl groups excluding tert-OH is 1. The Balaban J connectivity index is 1.43. The van der Waals surface area contributed by atoms with Gasteiger partial charge in [-0.3, -0.25) is 0 Å². The number of fused-ring (bicyclic) bond motifs is 1. The summed E-state index contributed by atoms with van der Waals surface area (Å²) < 4.78 is 47.7. The number of aliphatic imine (C=N–C) groups is 1. The molecule has 0 saturated carbocycles. The van der Waals surface area contributed by atoms with Gasteiger partial charge in [0.05, 0.1) is 30.2 Å². The van der Waals surface area contributed by atoms with Crippen molar-refractivity contribution in [2.24, 2.45) is 16.3 Å². The summed E-state index contributed by atoms with van der Waals surface area (Å²) in [5.74, 6) is -1.71. The molecule has 0 spiro atoms. The molecular weight excluding hydrogens is 544 g/mol. The molecule has 0 aliphatic carbocycles. The molecule has 0 bridgehead atoms. The van der Waals surface area contributed by atoms with Gasteiger partial charge < -0.3 is 29.6 Å². The minimum atomic E-state index is -0.940. The van der Waals surface area contributed by atoms with E-state index in [2.05, 4.69) is 26.3 Å². The Labute approximate surface area is 241 Å². The number of pyridine rings is 1. The van der Waals surface area contributed by atoms with E-state index in [-0.39, 0.29) is 42.7 Å². The second-order valence-corrected chi connectivity index (χ2v) is 10.8. The fourth-order valence-electron chi connectivity index (χ4n) is 4.68. The van der Waals surface area contributed by atoms with Crippen LogP contribution in [-0.4, -0.2) is 47.0 Å². The molecule has 11 heteroatoms. The number of benzene rings is 2. The molecule has 2 aromatic heterocycles. The van der Waals surface area contributed by atoms with Gasteiger partial charge in [0.1, 0.15) is 29.8 Å². The van der Waals surface area contributed by atoms with Crippen molar-refractivity contribution in [1.29, 1.82) is 5.26 Å². The molecule has 42 heavy (non-hydrogen) atoms. The number of rotatable bonds is 8. The van der Waals surface area contributed by atoms with Crippen LogP contribution in [0.3, 0.4) is 0 Å². The molecule has 2 aromatic carbocycles. The van der Waals surface area contributed by atoms with E-state index in [9.17, 15) is 10.4 Å². The van der Waals surface area contributed by atoms with Gasteiger partial charge in [-0.25, -0.2) is 18.8 Å². The van der Waals surface area contributed by atoms with Crippen molar-refractivity contribution in [1.82, 2.24) is 9.97 Å². The highest BCUT2D eigenvalue weighted by Gasteiger charge is 2.37. The summed E-state index contributed by atoms with van der Waals surface area (Å²) in [4.78, 5) is 11.7. The predicted octanol–water partition coefficient (Wildman–Crippen LogP) is 6.39. The van der Waals surface area contributed by atoms with Gasteiger partial charge in [-0.2, -0.15) is 5.26 Å². The van der Waals surface area contributed by atoms with Gasteiger partial charge >= 0.3 is 0 Å². The number of aromatic nitrogens is 2. The number of hydrogen-bond donors (Lipinski definition) is 3. The van der Waals surface area contributed by atoms with Crippen LogP contribution >= 0.6 is 0 Å². The highest BCUT2D eigenvalue weighted by atomic mass is 19.1. The summed E-state index contributed by atoms with van der Waals surface area (Å²) >= 11 is 0. The van der Waals surface area contributed by atoms with Gasteiger partial charge in [0.25, 0.3) is 6.02 Å². The van der Waals surface area contributed by atoms with Gasteiger partial charge in [0.2, 0.25) is 0 Å². The summed E-state index contributed by atoms with van der Waals surface area (Å²) in [7, 11) is 0. The SMILES string of the molecule is CC(C)Oc1ccc(-c2c[nH]c3nccc(Oc4c(F)cc(NC5=NC[C@@](CO)(C(C)C)CO5)cc4F)c23)cc1C#N. The highest BCUT2D eigenvalue weighted by Crippen LogP contribution is 2.40. The molecule has 3 heterocycles. The summed E-state index contributed by atoms with van der Waals surface area (Å²) in [5, 5.41) is 22.8. The molecule has 3 N–H and O–H groups in total. The molecule has 4 aromatic rings. The van der Waals surface area contributed by atoms with Crippen LogP contribution < -0.4 is 14.8 Å². The molecule has 5 rings (SSSR count). The summed E-state index contributed by atoms with van der Waals surface area (Å²) in [6.45, 7) is 8.16. The number of amidine groups is 1. The quantitative estimate of drug-likeness (QED) is 0.222. The number of nitriles is 1. The fourth-order valence-corrected chi connectivity index (χ4v) is 4.68. The molecule has 9 nitrogen and oxygen atoms in total. The Morgan fingerprint density at radius 3 is 2.52 bits per heavy atom. The van der Waals surface area contributed by atoms with E-state index in [1.165, 1.54) is 12.3 Å². The Morgan fingerprint density at radius 2 is 1.90 bits per heavy atom. The van der Waals surface area contributed by atoms with Crippen LogP contribution in [0.2, 0.25) is 0 Å². The molecule has 0 unspecified atom stereocenters. The smallest absolute Gasteiger partial charge is 0.289 e. The maximum atomic E-state index is 15.2. The van der Waals surface area contributed by atoms with Crippen molar-refractivity contribution >= 4 is 22.7 Å². The number of hydrogen-bond acceptors (Lipinski definition) is 8. The van der Waals surface area contributed by atoms with Gasteiger partial charge in [0.15, 0.2) is 17.4 Å². The van der Waals surface area contributed by atoms with Crippen LogP contribution in [0.25, 0.3) is 22.2 Å². The zero-order chi connectivity index (χ0) is 30.0. The first-order valence-corrected chi connectivity index (χ1v) is 13.5. The van der Waals surface area contributed by atoms with Crippen molar-refractivity contribution in [3.05, 3.63) is 66.0 Å². The zero-order valence-electron chi connectivity index (χ0n) is 23.7. The van der Waals surface area contributed by atoms with Crippen LogP contribution in [0.15, 0.2) is 53.8 Å². The maximum Gasteiger partial charge on any atom is 0.289 e. The van der Waals surface area contributed by atoms with Gasteiger partial charge in [-0.15, -0.1) is 0 Å². The summed E-state index contributed by atoms with van der Waals surface area (Å²) in [6, 6.07) is 11.1. The molecule has 218 valence electrons. The largest absolute Gasteiger partial charge is 0.490 e. The minimum absolute atomic E-state index is 0.0841. The second kappa shape index (κ2) is 11.7. The van der Waals surface area contributed by atoms with Crippen LogP contribution in [0.5, 0.6) is 17.2 Å². The second-order valence-electron chi connectivity index (χ2n) is 10.8. The number of nitrogens with zero attached hydrogens (tertiary/aromatic N) is 3. The lowest BCUT2D eigenvalue weighted by atomic mass is 9.78. The van der Waals surface area contributed by atoms with E-state index in [1.54, 1.807) is 24.4 Å². The third-order valence-electron chi connectivity index (χ3n) is 7.34. The van der Waals surface area contributed by atoms with Crippen molar-refractivity contribution in [3.63, 3.8) is 0 Å². The van der Waals surface area contributed by atoms with Gasteiger partial charge in [-0.05, 0) is 43.5 Å². The highest BCUT2D eigenvalue weighted by molar-refractivity contribution is 5.98. The number of anilines is 1. The summed E-state index contributed by atoms with van der Waals surface area (Å²) in [6.07, 6.45) is 3.05. The molecule has 1 aliphatic heterocycles. The Kier molecular flexibility index (Phi) is 8.00. The van der Waals surface area contributed by atoms with E-state index in [0.717, 1.165) is 12.1 Å². The Morgan fingerprint density at radius 1 is 1.14 bits per heavy atom. The van der Waals surface area contributed by atoms with E-state index in [0.29, 0.717) is 40.0 Å². The number of ether oxygens (including phenoxy) is 3. The molecule has 1 atom stereocenters. The first-order valence-electron chi connectivity index (χ1n) is 13.5. The van der Waals surface area contributed by atoms with E-state index < -0.39 is 22.8 Å². The Hall–Kier alpha value is -4.69. The first kappa shape index (κ1) is 28.8. The third-order valence-corrected chi connectivity index (χ3v) is 7.34. The maximum absolute atomic E-state index is 15.2. The van der Waals surface area contributed by atoms with Gasteiger partial charge in [-0.1, -0.05) is 19.9 Å². The van der Waals surface area contributed by atoms with Crippen molar-refractivity contribution in [2.75, 3.05) is 25.1 Å². The van der Waals surface area contributed by atoms with Crippen molar-refractivity contribution < 1.29 is 28.1 Å². The van der Waals surface area contributed by atoms with Gasteiger partial charge in [0, 0.05) is 41.2 Å². The lowest BCUT2D eigenvalue weighted by Gasteiger charge is -2.37. The number of aliphatic hydroxyl groups is 1. The molecular formula is C31H31F2N5O4. The molecule has 0 saturated heterocycles. The molecule has 0 radical (unpaired) electrons. The Bertz CT molecular complexity index is 1670. The number of H-pyrrole nitrogens is 1. The number of nitrogens with one attached hydrogen (secondary N) is 2. The lowest BCUT2D eigenvalue weighted by Crippen LogP contribution is -2.44. The van der Waals surface area contributed by atoms with Crippen LogP contribution in [0, 0.1) is 34.3 Å². The van der Waals surface area contributed by atoms with E-state index >= 15 is 8.78 Å². The number of aromatic amines is 1. The monoisotopic (exact) mass is 575 g/mol. The van der Waals surface area contributed by atoms with Crippen molar-refractivity contribution in [3.8, 4) is 34.4 Å². The third kappa shape index (κ3) is 5.58. The van der Waals surface area contributed by atoms with Crippen molar-refractivity contribution in [2.45, 2.75) is 33.8 Å². The zero-order valence-corrected chi connectivity index (χ0v) is 23.7. The molecule has 0 amide bonds. The van der Waals surface area contributed by atoms with Crippen LogP contribution in [0.4, 0.5) is 14.5 Å². The normalized spacial score (nSPS) is 16.7. The van der Waals surface area contributed by atoms with Crippen LogP contribution in [0.1, 0.15) is 33.3 Å². The average molecular weight is 576 g/mol. The van der Waals surface area contributed by atoms with E-state index in [1.807, 2.05) is 27.7 Å².